The quantitative estimate of drug-likeness (QED) is 0.585. The maximum Gasteiger partial charge on any atom is 0.340 e. The van der Waals surface area contributed by atoms with Crippen molar-refractivity contribution in [2.24, 2.45) is 0 Å². The van der Waals surface area contributed by atoms with Gasteiger partial charge in [-0.2, -0.15) is 19.3 Å². The molecule has 2 rings (SSSR count). The molecule has 0 aliphatic rings. The highest BCUT2D eigenvalue weighted by atomic mass is 19.3. The van der Waals surface area contributed by atoms with E-state index in [1.807, 2.05) is 6.07 Å². The summed E-state index contributed by atoms with van der Waals surface area (Å²) >= 11 is 0. The lowest BCUT2D eigenvalue weighted by molar-refractivity contribution is -0.148. The topological polar surface area (TPSA) is 99.5 Å². The van der Waals surface area contributed by atoms with E-state index < -0.39 is 19.0 Å². The Morgan fingerprint density at radius 1 is 1.48 bits per heavy atom. The summed E-state index contributed by atoms with van der Waals surface area (Å²) in [6.07, 6.45) is -2.45. The van der Waals surface area contributed by atoms with E-state index in [1.54, 1.807) is 6.92 Å². The fraction of sp³-hybridized carbons (Fsp3) is 0.286. The molecular formula is C14H12F4N6O. The summed E-state index contributed by atoms with van der Waals surface area (Å²) in [6.45, 7) is 0.224. The number of allylic oxidation sites excluding steroid dienone is 1. The number of nitrogens with zero attached hydrogens (tertiary/aromatic N) is 4. The van der Waals surface area contributed by atoms with Crippen molar-refractivity contribution < 1.29 is 22.3 Å². The number of nitriles is 1. The SMILES string of the molecule is Cc1cc(OCC(F)(F)C(F)F)ccc1NC=C(C#N)c1nn[nH]n1. The smallest absolute Gasteiger partial charge is 0.340 e. The van der Waals surface area contributed by atoms with Crippen LogP contribution in [0.3, 0.4) is 0 Å². The molecule has 0 fully saturated rings. The average Bonchev–Trinajstić information content (AvgIpc) is 3.09. The highest BCUT2D eigenvalue weighted by molar-refractivity contribution is 5.74. The van der Waals surface area contributed by atoms with E-state index in [-0.39, 0.29) is 17.1 Å². The first-order valence-electron chi connectivity index (χ1n) is 6.83. The molecule has 0 unspecified atom stereocenters. The zero-order valence-electron chi connectivity index (χ0n) is 12.8. The number of hydrogen-bond acceptors (Lipinski definition) is 6. The van der Waals surface area contributed by atoms with Crippen LogP contribution < -0.4 is 10.1 Å². The number of benzene rings is 1. The van der Waals surface area contributed by atoms with Crippen LogP contribution >= 0.6 is 0 Å². The summed E-state index contributed by atoms with van der Waals surface area (Å²) < 4.78 is 54.6. The van der Waals surface area contributed by atoms with Gasteiger partial charge in [0.05, 0.1) is 0 Å². The molecule has 0 atom stereocenters. The third kappa shape index (κ3) is 4.66. The minimum atomic E-state index is -4.22. The van der Waals surface area contributed by atoms with Crippen molar-refractivity contribution >= 4 is 11.3 Å². The zero-order chi connectivity index (χ0) is 18.4. The van der Waals surface area contributed by atoms with E-state index in [0.717, 1.165) is 0 Å². The number of halogens is 4. The molecule has 2 aromatic rings. The molecule has 11 heteroatoms. The number of aromatic amines is 1. The van der Waals surface area contributed by atoms with Gasteiger partial charge < -0.3 is 10.1 Å². The molecule has 1 aromatic carbocycles. The van der Waals surface area contributed by atoms with Crippen LogP contribution in [-0.2, 0) is 0 Å². The van der Waals surface area contributed by atoms with Crippen molar-refractivity contribution in [3.8, 4) is 11.8 Å². The lowest BCUT2D eigenvalue weighted by atomic mass is 10.2. The third-order valence-corrected chi connectivity index (χ3v) is 3.03. The molecule has 0 aliphatic carbocycles. The Balaban J connectivity index is 2.06. The number of aryl methyl sites for hydroxylation is 1. The van der Waals surface area contributed by atoms with Gasteiger partial charge in [0.1, 0.15) is 17.4 Å². The van der Waals surface area contributed by atoms with Gasteiger partial charge in [0.2, 0.25) is 5.82 Å². The second-order valence-electron chi connectivity index (χ2n) is 4.88. The van der Waals surface area contributed by atoms with Crippen LogP contribution in [0.5, 0.6) is 5.75 Å². The van der Waals surface area contributed by atoms with E-state index >= 15 is 0 Å². The molecule has 0 saturated carbocycles. The largest absolute Gasteiger partial charge is 0.487 e. The third-order valence-electron chi connectivity index (χ3n) is 3.03. The number of hydrogen-bond donors (Lipinski definition) is 2. The van der Waals surface area contributed by atoms with Crippen LogP contribution in [0, 0.1) is 18.3 Å². The second kappa shape index (κ2) is 7.61. The van der Waals surface area contributed by atoms with Crippen molar-refractivity contribution in [3.63, 3.8) is 0 Å². The molecule has 132 valence electrons. The number of tetrazole rings is 1. The van der Waals surface area contributed by atoms with Gasteiger partial charge in [-0.3, -0.25) is 0 Å². The summed E-state index contributed by atoms with van der Waals surface area (Å²) in [5, 5.41) is 24.8. The summed E-state index contributed by atoms with van der Waals surface area (Å²) in [7, 11) is 0. The van der Waals surface area contributed by atoms with Gasteiger partial charge in [-0.25, -0.2) is 8.78 Å². The monoisotopic (exact) mass is 356 g/mol. The molecule has 0 saturated heterocycles. The number of rotatable bonds is 7. The summed E-state index contributed by atoms with van der Waals surface area (Å²) in [4.78, 5) is 0. The van der Waals surface area contributed by atoms with E-state index in [9.17, 15) is 17.6 Å². The number of aromatic nitrogens is 4. The molecule has 2 N–H and O–H groups in total. The molecule has 0 radical (unpaired) electrons. The normalized spacial score (nSPS) is 12.1. The zero-order valence-corrected chi connectivity index (χ0v) is 12.8. The standard InChI is InChI=1S/C14H12F4N6O/c1-8-4-10(25-7-14(17,18)13(15)16)2-3-11(8)20-6-9(5-19)12-21-23-24-22-12/h2-4,6,13,20H,7H2,1H3,(H,21,22,23,24). The lowest BCUT2D eigenvalue weighted by Gasteiger charge is -2.16. The number of H-pyrrole nitrogens is 1. The Hall–Kier alpha value is -3.16. The van der Waals surface area contributed by atoms with Gasteiger partial charge in [0, 0.05) is 11.9 Å². The van der Waals surface area contributed by atoms with Crippen molar-refractivity contribution in [2.75, 3.05) is 11.9 Å². The molecule has 1 aromatic heterocycles. The van der Waals surface area contributed by atoms with Crippen molar-refractivity contribution in [1.82, 2.24) is 20.6 Å². The van der Waals surface area contributed by atoms with Gasteiger partial charge in [0.25, 0.3) is 0 Å². The fourth-order valence-corrected chi connectivity index (χ4v) is 1.70. The number of nitrogens with one attached hydrogen (secondary N) is 2. The Bertz CT molecular complexity index is 785. The van der Waals surface area contributed by atoms with Gasteiger partial charge in [0.15, 0.2) is 6.61 Å². The van der Waals surface area contributed by atoms with E-state index in [4.69, 9.17) is 10.00 Å². The highest BCUT2D eigenvalue weighted by Crippen LogP contribution is 2.26. The van der Waals surface area contributed by atoms with Gasteiger partial charge in [-0.05, 0) is 35.9 Å². The van der Waals surface area contributed by atoms with E-state index in [1.165, 1.54) is 24.4 Å². The van der Waals surface area contributed by atoms with E-state index in [0.29, 0.717) is 11.3 Å². The van der Waals surface area contributed by atoms with Crippen LogP contribution in [0.25, 0.3) is 5.57 Å². The minimum Gasteiger partial charge on any atom is -0.487 e. The number of alkyl halides is 4. The molecular weight excluding hydrogens is 344 g/mol. The molecule has 25 heavy (non-hydrogen) atoms. The number of ether oxygens (including phenoxy) is 1. The molecule has 1 heterocycles. The van der Waals surface area contributed by atoms with Crippen LogP contribution in [-0.4, -0.2) is 39.6 Å². The predicted molar refractivity (Wildman–Crippen MR) is 79.0 cm³/mol. The molecule has 7 nitrogen and oxygen atoms in total. The number of anilines is 1. The van der Waals surface area contributed by atoms with Crippen LogP contribution in [0.1, 0.15) is 11.4 Å². The van der Waals surface area contributed by atoms with Crippen molar-refractivity contribution in [3.05, 3.63) is 35.8 Å². The average molecular weight is 356 g/mol. The molecule has 0 bridgehead atoms. The second-order valence-corrected chi connectivity index (χ2v) is 4.88. The summed E-state index contributed by atoms with van der Waals surface area (Å²) in [5.74, 6) is -4.10. The lowest BCUT2D eigenvalue weighted by Crippen LogP contribution is -2.33. The maximum absolute atomic E-state index is 12.8. The Kier molecular flexibility index (Phi) is 5.53. The van der Waals surface area contributed by atoms with Gasteiger partial charge in [-0.1, -0.05) is 0 Å². The highest BCUT2D eigenvalue weighted by Gasteiger charge is 2.41. The first-order chi connectivity index (χ1) is 11.8. The molecule has 0 aliphatic heterocycles. The van der Waals surface area contributed by atoms with Gasteiger partial charge in [-0.15, -0.1) is 10.2 Å². The summed E-state index contributed by atoms with van der Waals surface area (Å²) in [6, 6.07) is 6.12. The Labute approximate surface area is 139 Å². The van der Waals surface area contributed by atoms with Crippen molar-refractivity contribution in [1.29, 1.82) is 5.26 Å². The fourth-order valence-electron chi connectivity index (χ4n) is 1.70. The Morgan fingerprint density at radius 2 is 2.24 bits per heavy atom. The first kappa shape index (κ1) is 18.2. The maximum atomic E-state index is 12.8. The Morgan fingerprint density at radius 3 is 2.80 bits per heavy atom. The first-order valence-corrected chi connectivity index (χ1v) is 6.83. The van der Waals surface area contributed by atoms with Crippen LogP contribution in [0.15, 0.2) is 24.4 Å². The van der Waals surface area contributed by atoms with Crippen LogP contribution in [0.2, 0.25) is 0 Å². The molecule has 0 spiro atoms. The van der Waals surface area contributed by atoms with E-state index in [2.05, 4.69) is 25.9 Å². The predicted octanol–water partition coefficient (Wildman–Crippen LogP) is 2.76. The molecule has 0 amide bonds. The minimum absolute atomic E-state index is 0.0195. The van der Waals surface area contributed by atoms with Crippen molar-refractivity contribution in [2.45, 2.75) is 19.3 Å². The summed E-state index contributed by atoms with van der Waals surface area (Å²) in [5.41, 5.74) is 1.24. The van der Waals surface area contributed by atoms with Crippen LogP contribution in [0.4, 0.5) is 23.2 Å². The van der Waals surface area contributed by atoms with Gasteiger partial charge >= 0.3 is 12.3 Å².